The van der Waals surface area contributed by atoms with E-state index < -0.39 is 0 Å². The molecular weight excluding hydrogens is 110 g/mol. The molecule has 0 spiro atoms. The van der Waals surface area contributed by atoms with Gasteiger partial charge in [0.05, 0.1) is 0 Å². The average molecular weight is 125 g/mol. The van der Waals surface area contributed by atoms with E-state index in [-0.39, 0.29) is 0 Å². The molecule has 0 saturated heterocycles. The Hall–Kier alpha value is -0.720. The number of rotatable bonds is 2. The van der Waals surface area contributed by atoms with Crippen LogP contribution in [0.5, 0.6) is 0 Å². The van der Waals surface area contributed by atoms with Gasteiger partial charge in [0.1, 0.15) is 0 Å². The van der Waals surface area contributed by atoms with Crippen LogP contribution >= 0.6 is 0 Å². The molecule has 0 rings (SSSR count). The standard InChI is InChI=1S/C8H15N/c1-5-8(6(2)3)7(4)9/h5-6H,1,9H2,2-4H3/b8-7-. The Labute approximate surface area is 57.3 Å². The van der Waals surface area contributed by atoms with Crippen molar-refractivity contribution < 1.29 is 0 Å². The summed E-state index contributed by atoms with van der Waals surface area (Å²) in [5, 5.41) is 0. The first kappa shape index (κ1) is 8.28. The first-order valence-corrected chi connectivity index (χ1v) is 3.18. The highest BCUT2D eigenvalue weighted by Gasteiger charge is 1.98. The molecule has 1 nitrogen and oxygen atoms in total. The average Bonchev–Trinajstić information content (AvgIpc) is 1.64. The predicted octanol–water partition coefficient (Wildman–Crippen LogP) is 2.06. The summed E-state index contributed by atoms with van der Waals surface area (Å²) < 4.78 is 0. The van der Waals surface area contributed by atoms with Crippen LogP contribution in [0.4, 0.5) is 0 Å². The van der Waals surface area contributed by atoms with E-state index in [1.807, 2.05) is 13.0 Å². The van der Waals surface area contributed by atoms with Crippen LogP contribution in [0.1, 0.15) is 20.8 Å². The van der Waals surface area contributed by atoms with Crippen molar-refractivity contribution in [1.82, 2.24) is 0 Å². The van der Waals surface area contributed by atoms with Crippen molar-refractivity contribution in [3.05, 3.63) is 23.9 Å². The van der Waals surface area contributed by atoms with E-state index in [0.29, 0.717) is 5.92 Å². The van der Waals surface area contributed by atoms with Gasteiger partial charge in [0, 0.05) is 5.70 Å². The van der Waals surface area contributed by atoms with Crippen LogP contribution < -0.4 is 5.73 Å². The normalized spacial score (nSPS) is 13.3. The highest BCUT2D eigenvalue weighted by Crippen LogP contribution is 2.11. The first-order valence-electron chi connectivity index (χ1n) is 3.18. The number of hydrogen-bond donors (Lipinski definition) is 1. The van der Waals surface area contributed by atoms with Gasteiger partial charge >= 0.3 is 0 Å². The quantitative estimate of drug-likeness (QED) is 0.562. The maximum atomic E-state index is 5.56. The topological polar surface area (TPSA) is 26.0 Å². The molecule has 0 aliphatic carbocycles. The molecule has 0 fully saturated rings. The molecule has 2 N–H and O–H groups in total. The van der Waals surface area contributed by atoms with Gasteiger partial charge in [0.2, 0.25) is 0 Å². The van der Waals surface area contributed by atoms with Crippen LogP contribution in [0.25, 0.3) is 0 Å². The van der Waals surface area contributed by atoms with Crippen molar-refractivity contribution in [1.29, 1.82) is 0 Å². The Bertz CT molecular complexity index is 128. The van der Waals surface area contributed by atoms with Crippen LogP contribution in [0, 0.1) is 5.92 Å². The molecule has 52 valence electrons. The zero-order valence-corrected chi connectivity index (χ0v) is 6.44. The van der Waals surface area contributed by atoms with Gasteiger partial charge in [0.15, 0.2) is 0 Å². The maximum Gasteiger partial charge on any atom is 0.00838 e. The smallest absolute Gasteiger partial charge is 0.00838 e. The summed E-state index contributed by atoms with van der Waals surface area (Å²) in [6.07, 6.45) is 1.82. The van der Waals surface area contributed by atoms with Gasteiger partial charge in [-0.3, -0.25) is 0 Å². The Morgan fingerprint density at radius 3 is 2.00 bits per heavy atom. The molecule has 0 aliphatic rings. The fraction of sp³-hybridized carbons (Fsp3) is 0.500. The summed E-state index contributed by atoms with van der Waals surface area (Å²) in [6, 6.07) is 0. The van der Waals surface area contributed by atoms with E-state index >= 15 is 0 Å². The van der Waals surface area contributed by atoms with Crippen molar-refractivity contribution in [3.8, 4) is 0 Å². The van der Waals surface area contributed by atoms with Gasteiger partial charge in [-0.15, -0.1) is 0 Å². The van der Waals surface area contributed by atoms with Crippen LogP contribution in [0.2, 0.25) is 0 Å². The molecule has 1 heteroatoms. The lowest BCUT2D eigenvalue weighted by Crippen LogP contribution is -2.01. The zero-order valence-electron chi connectivity index (χ0n) is 6.44. The third-order valence-electron chi connectivity index (χ3n) is 1.30. The Kier molecular flexibility index (Phi) is 3.07. The van der Waals surface area contributed by atoms with Crippen molar-refractivity contribution >= 4 is 0 Å². The Balaban J connectivity index is 4.34. The lowest BCUT2D eigenvalue weighted by atomic mass is 10.0. The highest BCUT2D eigenvalue weighted by molar-refractivity contribution is 5.22. The second-order valence-corrected chi connectivity index (χ2v) is 2.50. The molecule has 0 atom stereocenters. The van der Waals surface area contributed by atoms with Crippen LogP contribution in [0.15, 0.2) is 23.9 Å². The fourth-order valence-electron chi connectivity index (χ4n) is 0.852. The Morgan fingerprint density at radius 1 is 1.56 bits per heavy atom. The van der Waals surface area contributed by atoms with E-state index in [1.54, 1.807) is 0 Å². The molecule has 9 heavy (non-hydrogen) atoms. The zero-order chi connectivity index (χ0) is 7.44. The molecule has 0 aromatic rings. The molecular formula is C8H15N. The Morgan fingerprint density at radius 2 is 2.00 bits per heavy atom. The van der Waals surface area contributed by atoms with E-state index in [2.05, 4.69) is 20.4 Å². The lowest BCUT2D eigenvalue weighted by molar-refractivity contribution is 0.778. The van der Waals surface area contributed by atoms with Gasteiger partial charge in [-0.1, -0.05) is 26.5 Å². The van der Waals surface area contributed by atoms with Crippen molar-refractivity contribution in [2.45, 2.75) is 20.8 Å². The van der Waals surface area contributed by atoms with E-state index in [9.17, 15) is 0 Å². The minimum atomic E-state index is 0.493. The third-order valence-corrected chi connectivity index (χ3v) is 1.30. The third kappa shape index (κ3) is 2.36. The molecule has 0 radical (unpaired) electrons. The monoisotopic (exact) mass is 125 g/mol. The molecule has 0 unspecified atom stereocenters. The van der Waals surface area contributed by atoms with Gasteiger partial charge in [-0.25, -0.2) is 0 Å². The van der Waals surface area contributed by atoms with Crippen molar-refractivity contribution in [2.75, 3.05) is 0 Å². The summed E-state index contributed by atoms with van der Waals surface area (Å²) in [5.74, 6) is 0.493. The van der Waals surface area contributed by atoms with E-state index in [4.69, 9.17) is 5.73 Å². The minimum Gasteiger partial charge on any atom is -0.402 e. The molecule has 0 heterocycles. The largest absolute Gasteiger partial charge is 0.402 e. The lowest BCUT2D eigenvalue weighted by Gasteiger charge is -2.06. The van der Waals surface area contributed by atoms with E-state index in [1.165, 1.54) is 0 Å². The maximum absolute atomic E-state index is 5.56. The van der Waals surface area contributed by atoms with Crippen LogP contribution in [-0.4, -0.2) is 0 Å². The van der Waals surface area contributed by atoms with Gasteiger partial charge < -0.3 is 5.73 Å². The number of hydrogen-bond acceptors (Lipinski definition) is 1. The SMILES string of the molecule is C=C/C(=C(\C)N)C(C)C. The summed E-state index contributed by atoms with van der Waals surface area (Å²) in [6.45, 7) is 9.77. The van der Waals surface area contributed by atoms with Gasteiger partial charge in [-0.2, -0.15) is 0 Å². The van der Waals surface area contributed by atoms with Gasteiger partial charge in [0.25, 0.3) is 0 Å². The van der Waals surface area contributed by atoms with Crippen LogP contribution in [-0.2, 0) is 0 Å². The number of allylic oxidation sites excluding steroid dienone is 3. The molecule has 0 amide bonds. The summed E-state index contributed by atoms with van der Waals surface area (Å²) in [5.41, 5.74) is 7.58. The first-order chi connectivity index (χ1) is 4.09. The van der Waals surface area contributed by atoms with Crippen molar-refractivity contribution in [2.24, 2.45) is 11.7 Å². The predicted molar refractivity (Wildman–Crippen MR) is 41.9 cm³/mol. The van der Waals surface area contributed by atoms with E-state index in [0.717, 1.165) is 11.3 Å². The molecule has 0 saturated carbocycles. The van der Waals surface area contributed by atoms with Crippen molar-refractivity contribution in [3.63, 3.8) is 0 Å². The van der Waals surface area contributed by atoms with Crippen LogP contribution in [0.3, 0.4) is 0 Å². The fourth-order valence-corrected chi connectivity index (χ4v) is 0.852. The minimum absolute atomic E-state index is 0.493. The second kappa shape index (κ2) is 3.33. The summed E-state index contributed by atoms with van der Waals surface area (Å²) in [4.78, 5) is 0. The summed E-state index contributed by atoms with van der Waals surface area (Å²) in [7, 11) is 0. The molecule has 0 aromatic heterocycles. The summed E-state index contributed by atoms with van der Waals surface area (Å²) >= 11 is 0. The molecule has 0 bridgehead atoms. The molecule has 0 aromatic carbocycles. The van der Waals surface area contributed by atoms with Gasteiger partial charge in [-0.05, 0) is 18.4 Å². The molecule has 0 aliphatic heterocycles. The number of nitrogens with two attached hydrogens (primary N) is 1. The highest BCUT2D eigenvalue weighted by atomic mass is 14.6. The second-order valence-electron chi connectivity index (χ2n) is 2.50.